The standard InChI is InChI=1S/C14H17N3O2/c1-18-10-3-4-14(19-2)13(7-10)17-9-16-11-8-15-6-5-12(11)17/h3-4,7,9,15H,5-6,8H2,1-2H3. The third kappa shape index (κ3) is 2.06. The van der Waals surface area contributed by atoms with Crippen LogP contribution in [0.15, 0.2) is 24.5 Å². The smallest absolute Gasteiger partial charge is 0.143 e. The zero-order valence-electron chi connectivity index (χ0n) is 11.1. The van der Waals surface area contributed by atoms with E-state index in [9.17, 15) is 0 Å². The molecule has 0 amide bonds. The number of hydrogen-bond donors (Lipinski definition) is 1. The quantitative estimate of drug-likeness (QED) is 0.908. The molecule has 1 aliphatic rings. The summed E-state index contributed by atoms with van der Waals surface area (Å²) >= 11 is 0. The van der Waals surface area contributed by atoms with Crippen molar-refractivity contribution in [1.82, 2.24) is 14.9 Å². The Bertz CT molecular complexity index is 592. The summed E-state index contributed by atoms with van der Waals surface area (Å²) in [6.45, 7) is 1.81. The van der Waals surface area contributed by atoms with Gasteiger partial charge in [0, 0.05) is 31.3 Å². The van der Waals surface area contributed by atoms with Gasteiger partial charge >= 0.3 is 0 Å². The number of nitrogens with zero attached hydrogens (tertiary/aromatic N) is 2. The predicted octanol–water partition coefficient (Wildman–Crippen LogP) is 1.54. The Balaban J connectivity index is 2.12. The zero-order valence-corrected chi connectivity index (χ0v) is 11.1. The number of rotatable bonds is 3. The number of methoxy groups -OCH3 is 2. The predicted molar refractivity (Wildman–Crippen MR) is 72.1 cm³/mol. The minimum atomic E-state index is 0.812. The van der Waals surface area contributed by atoms with Crippen molar-refractivity contribution in [2.24, 2.45) is 0 Å². The summed E-state index contributed by atoms with van der Waals surface area (Å²) in [6, 6.07) is 5.79. The van der Waals surface area contributed by atoms with Gasteiger partial charge in [0.15, 0.2) is 0 Å². The lowest BCUT2D eigenvalue weighted by Crippen LogP contribution is -2.24. The number of imidazole rings is 1. The number of hydrogen-bond acceptors (Lipinski definition) is 4. The molecule has 0 fully saturated rings. The van der Waals surface area contributed by atoms with Crippen LogP contribution >= 0.6 is 0 Å². The topological polar surface area (TPSA) is 48.3 Å². The molecule has 5 nitrogen and oxygen atoms in total. The van der Waals surface area contributed by atoms with Crippen LogP contribution in [-0.4, -0.2) is 30.3 Å². The van der Waals surface area contributed by atoms with Gasteiger partial charge < -0.3 is 14.8 Å². The molecule has 1 aliphatic heterocycles. The van der Waals surface area contributed by atoms with Crippen molar-refractivity contribution in [3.05, 3.63) is 35.9 Å². The zero-order chi connectivity index (χ0) is 13.2. The van der Waals surface area contributed by atoms with E-state index >= 15 is 0 Å². The van der Waals surface area contributed by atoms with Crippen molar-refractivity contribution in [3.8, 4) is 17.2 Å². The summed E-state index contributed by atoms with van der Waals surface area (Å²) in [7, 11) is 3.34. The normalized spacial score (nSPS) is 14.0. The van der Waals surface area contributed by atoms with Crippen LogP contribution in [0.3, 0.4) is 0 Å². The van der Waals surface area contributed by atoms with E-state index in [4.69, 9.17) is 9.47 Å². The fourth-order valence-electron chi connectivity index (χ4n) is 2.43. The van der Waals surface area contributed by atoms with Crippen LogP contribution < -0.4 is 14.8 Å². The molecule has 100 valence electrons. The molecule has 0 saturated heterocycles. The Kier molecular flexibility index (Phi) is 3.13. The Labute approximate surface area is 112 Å². The highest BCUT2D eigenvalue weighted by Gasteiger charge is 2.18. The summed E-state index contributed by atoms with van der Waals surface area (Å²) in [5, 5.41) is 3.33. The molecule has 0 radical (unpaired) electrons. The molecule has 1 aromatic carbocycles. The minimum Gasteiger partial charge on any atom is -0.497 e. The summed E-state index contributed by atoms with van der Waals surface area (Å²) in [5.74, 6) is 1.63. The van der Waals surface area contributed by atoms with Gasteiger partial charge in [0.1, 0.15) is 11.5 Å². The first-order valence-corrected chi connectivity index (χ1v) is 6.31. The third-order valence-corrected chi connectivity index (χ3v) is 3.43. The van der Waals surface area contributed by atoms with Crippen LogP contribution in [0, 0.1) is 0 Å². The average Bonchev–Trinajstić information content (AvgIpc) is 2.90. The van der Waals surface area contributed by atoms with Gasteiger partial charge in [-0.25, -0.2) is 4.98 Å². The van der Waals surface area contributed by atoms with Crippen LogP contribution in [0.4, 0.5) is 0 Å². The SMILES string of the molecule is COc1ccc(OC)c(-n2cnc3c2CCNC3)c1. The van der Waals surface area contributed by atoms with E-state index in [2.05, 4.69) is 14.9 Å². The van der Waals surface area contributed by atoms with Crippen molar-refractivity contribution in [2.75, 3.05) is 20.8 Å². The Morgan fingerprint density at radius 2 is 2.16 bits per heavy atom. The first-order valence-electron chi connectivity index (χ1n) is 6.31. The summed E-state index contributed by atoms with van der Waals surface area (Å²) in [6.07, 6.45) is 2.82. The Morgan fingerprint density at radius 1 is 1.26 bits per heavy atom. The van der Waals surface area contributed by atoms with Gasteiger partial charge in [-0.1, -0.05) is 0 Å². The lowest BCUT2D eigenvalue weighted by Gasteiger charge is -2.17. The number of aromatic nitrogens is 2. The van der Waals surface area contributed by atoms with E-state index in [1.807, 2.05) is 24.5 Å². The maximum Gasteiger partial charge on any atom is 0.143 e. The molecule has 0 atom stereocenters. The van der Waals surface area contributed by atoms with Gasteiger partial charge in [0.05, 0.1) is 31.9 Å². The second-order valence-electron chi connectivity index (χ2n) is 4.47. The maximum absolute atomic E-state index is 5.44. The summed E-state index contributed by atoms with van der Waals surface area (Å²) in [4.78, 5) is 4.47. The number of fused-ring (bicyclic) bond motifs is 1. The Hall–Kier alpha value is -2.01. The fourth-order valence-corrected chi connectivity index (χ4v) is 2.43. The van der Waals surface area contributed by atoms with Gasteiger partial charge in [0.25, 0.3) is 0 Å². The lowest BCUT2D eigenvalue weighted by molar-refractivity contribution is 0.401. The number of nitrogens with one attached hydrogen (secondary N) is 1. The molecule has 0 saturated carbocycles. The van der Waals surface area contributed by atoms with E-state index in [1.54, 1.807) is 14.2 Å². The summed E-state index contributed by atoms with van der Waals surface area (Å²) in [5.41, 5.74) is 3.32. The highest BCUT2D eigenvalue weighted by Crippen LogP contribution is 2.29. The van der Waals surface area contributed by atoms with Gasteiger partial charge in [-0.3, -0.25) is 4.57 Å². The highest BCUT2D eigenvalue weighted by molar-refractivity contribution is 5.52. The first-order chi connectivity index (χ1) is 9.33. The molecule has 19 heavy (non-hydrogen) atoms. The molecule has 0 spiro atoms. The molecular formula is C14H17N3O2. The van der Waals surface area contributed by atoms with Gasteiger partial charge in [-0.2, -0.15) is 0 Å². The van der Waals surface area contributed by atoms with Crippen LogP contribution in [-0.2, 0) is 13.0 Å². The molecule has 3 rings (SSSR count). The minimum absolute atomic E-state index is 0.812. The average molecular weight is 259 g/mol. The molecule has 1 N–H and O–H groups in total. The maximum atomic E-state index is 5.44. The molecule has 0 unspecified atom stereocenters. The van der Waals surface area contributed by atoms with Crippen molar-refractivity contribution in [2.45, 2.75) is 13.0 Å². The van der Waals surface area contributed by atoms with Crippen molar-refractivity contribution < 1.29 is 9.47 Å². The van der Waals surface area contributed by atoms with Gasteiger partial charge in [-0.05, 0) is 12.1 Å². The molecule has 0 aliphatic carbocycles. The van der Waals surface area contributed by atoms with E-state index in [0.717, 1.165) is 42.4 Å². The third-order valence-electron chi connectivity index (χ3n) is 3.43. The van der Waals surface area contributed by atoms with Crippen LogP contribution in [0.2, 0.25) is 0 Å². The number of benzene rings is 1. The molecular weight excluding hydrogens is 242 g/mol. The van der Waals surface area contributed by atoms with Crippen molar-refractivity contribution in [1.29, 1.82) is 0 Å². The van der Waals surface area contributed by atoms with Crippen molar-refractivity contribution in [3.63, 3.8) is 0 Å². The molecule has 0 bridgehead atoms. The second-order valence-corrected chi connectivity index (χ2v) is 4.47. The van der Waals surface area contributed by atoms with Gasteiger partial charge in [0.2, 0.25) is 0 Å². The van der Waals surface area contributed by atoms with Crippen LogP contribution in [0.5, 0.6) is 11.5 Å². The molecule has 5 heteroatoms. The number of ether oxygens (including phenoxy) is 2. The van der Waals surface area contributed by atoms with Crippen molar-refractivity contribution >= 4 is 0 Å². The molecule has 1 aromatic heterocycles. The van der Waals surface area contributed by atoms with E-state index < -0.39 is 0 Å². The van der Waals surface area contributed by atoms with Crippen LogP contribution in [0.1, 0.15) is 11.4 Å². The largest absolute Gasteiger partial charge is 0.497 e. The highest BCUT2D eigenvalue weighted by atomic mass is 16.5. The second kappa shape index (κ2) is 4.93. The monoisotopic (exact) mass is 259 g/mol. The summed E-state index contributed by atoms with van der Waals surface area (Å²) < 4.78 is 12.8. The van der Waals surface area contributed by atoms with E-state index in [0.29, 0.717) is 0 Å². The van der Waals surface area contributed by atoms with E-state index in [1.165, 1.54) is 5.69 Å². The van der Waals surface area contributed by atoms with E-state index in [-0.39, 0.29) is 0 Å². The first kappa shape index (κ1) is 12.0. The van der Waals surface area contributed by atoms with Gasteiger partial charge in [-0.15, -0.1) is 0 Å². The molecule has 2 heterocycles. The molecule has 2 aromatic rings. The Morgan fingerprint density at radius 3 is 2.95 bits per heavy atom. The van der Waals surface area contributed by atoms with Crippen LogP contribution in [0.25, 0.3) is 5.69 Å². The fraction of sp³-hybridized carbons (Fsp3) is 0.357. The lowest BCUT2D eigenvalue weighted by atomic mass is 10.1.